The first-order valence-electron chi connectivity index (χ1n) is 9.61. The van der Waals surface area contributed by atoms with Gasteiger partial charge in [-0.15, -0.1) is 0 Å². The highest BCUT2D eigenvalue weighted by atomic mass is 79.9. The number of nitrogens with zero attached hydrogens (tertiary/aromatic N) is 2. The molecular weight excluding hydrogens is 490 g/mol. The first-order chi connectivity index (χ1) is 14.5. The van der Waals surface area contributed by atoms with Gasteiger partial charge in [0.2, 0.25) is 10.0 Å². The van der Waals surface area contributed by atoms with Crippen LogP contribution in [0.15, 0.2) is 53.4 Å². The number of phenolic OH excluding ortho intramolecular Hbond substituents is 1. The second kappa shape index (κ2) is 11.0. The lowest BCUT2D eigenvalue weighted by Crippen LogP contribution is -2.47. The van der Waals surface area contributed by atoms with Gasteiger partial charge in [0.25, 0.3) is 5.69 Å². The van der Waals surface area contributed by atoms with Crippen molar-refractivity contribution < 1.29 is 23.6 Å². The maximum absolute atomic E-state index is 13.1. The number of nitrogens with one attached hydrogen (secondary N) is 1. The van der Waals surface area contributed by atoms with Crippen molar-refractivity contribution in [2.45, 2.75) is 37.3 Å². The molecular formula is C20H26BrN3O6S. The maximum Gasteiger partial charge on any atom is 0.269 e. The van der Waals surface area contributed by atoms with Crippen LogP contribution in [0.25, 0.3) is 0 Å². The molecule has 0 aliphatic heterocycles. The normalized spacial score (nSPS) is 14.0. The largest absolute Gasteiger partial charge is 0.508 e. The molecule has 0 fully saturated rings. The zero-order valence-electron chi connectivity index (χ0n) is 17.2. The second-order valence-corrected chi connectivity index (χ2v) is 10.0. The van der Waals surface area contributed by atoms with E-state index in [1.54, 1.807) is 12.1 Å². The lowest BCUT2D eigenvalue weighted by Gasteiger charge is -2.29. The van der Waals surface area contributed by atoms with Crippen molar-refractivity contribution in [3.63, 3.8) is 0 Å². The monoisotopic (exact) mass is 515 g/mol. The molecule has 0 heterocycles. The topological polar surface area (TPSA) is 133 Å². The first-order valence-corrected chi connectivity index (χ1v) is 11.8. The Kier molecular flexibility index (Phi) is 8.95. The van der Waals surface area contributed by atoms with Gasteiger partial charge in [-0.05, 0) is 42.2 Å². The van der Waals surface area contributed by atoms with Crippen LogP contribution in [0, 0.1) is 16.0 Å². The molecule has 0 aliphatic carbocycles. The van der Waals surface area contributed by atoms with Crippen molar-refractivity contribution in [1.82, 2.24) is 8.65 Å². The summed E-state index contributed by atoms with van der Waals surface area (Å²) in [5.74, 6) is -0.0230. The number of aliphatic hydroxyl groups is 1. The van der Waals surface area contributed by atoms with E-state index in [1.807, 2.05) is 13.8 Å². The van der Waals surface area contributed by atoms with Crippen LogP contribution in [-0.4, -0.2) is 53.1 Å². The predicted octanol–water partition coefficient (Wildman–Crippen LogP) is 2.82. The number of benzene rings is 2. The summed E-state index contributed by atoms with van der Waals surface area (Å²) < 4.78 is 30.3. The van der Waals surface area contributed by atoms with Gasteiger partial charge in [-0.2, -0.15) is 4.31 Å². The zero-order chi connectivity index (χ0) is 23.2. The number of nitro benzene ring substituents is 1. The Labute approximate surface area is 190 Å². The van der Waals surface area contributed by atoms with Crippen LogP contribution < -0.4 is 4.34 Å². The number of non-ortho nitro benzene ring substituents is 1. The van der Waals surface area contributed by atoms with Crippen molar-refractivity contribution in [1.29, 1.82) is 0 Å². The van der Waals surface area contributed by atoms with E-state index in [2.05, 4.69) is 20.5 Å². The Bertz CT molecular complexity index is 967. The molecule has 170 valence electrons. The molecule has 0 saturated heterocycles. The van der Waals surface area contributed by atoms with E-state index in [1.165, 1.54) is 40.7 Å². The summed E-state index contributed by atoms with van der Waals surface area (Å²) in [6, 6.07) is 10.7. The fourth-order valence-electron chi connectivity index (χ4n) is 3.04. The Morgan fingerprint density at radius 1 is 1.10 bits per heavy atom. The molecule has 0 aromatic heterocycles. The molecule has 11 heteroatoms. The van der Waals surface area contributed by atoms with Gasteiger partial charge in [-0.1, -0.05) is 26.0 Å². The minimum absolute atomic E-state index is 0.0177. The number of aromatic hydroxyl groups is 1. The highest BCUT2D eigenvalue weighted by Gasteiger charge is 2.30. The number of sulfonamides is 1. The van der Waals surface area contributed by atoms with E-state index in [0.717, 1.165) is 5.56 Å². The number of hydrogen-bond acceptors (Lipinski definition) is 7. The summed E-state index contributed by atoms with van der Waals surface area (Å²) in [5.41, 5.74) is 0.717. The fraction of sp³-hybridized carbons (Fsp3) is 0.400. The molecule has 0 spiro atoms. The maximum atomic E-state index is 13.1. The van der Waals surface area contributed by atoms with Crippen LogP contribution in [0.2, 0.25) is 0 Å². The van der Waals surface area contributed by atoms with Crippen molar-refractivity contribution >= 4 is 31.9 Å². The quantitative estimate of drug-likeness (QED) is 0.238. The smallest absolute Gasteiger partial charge is 0.269 e. The minimum atomic E-state index is -3.89. The number of aliphatic hydroxyl groups excluding tert-OH is 1. The molecule has 2 aromatic carbocycles. The molecule has 0 radical (unpaired) electrons. The van der Waals surface area contributed by atoms with Gasteiger partial charge in [0.05, 0.1) is 15.9 Å². The first kappa shape index (κ1) is 25.2. The van der Waals surface area contributed by atoms with E-state index < -0.39 is 27.1 Å². The van der Waals surface area contributed by atoms with E-state index in [-0.39, 0.29) is 35.3 Å². The number of halogens is 1. The Hall–Kier alpha value is -2.05. The van der Waals surface area contributed by atoms with Crippen molar-refractivity contribution in [2.75, 3.05) is 13.1 Å². The number of rotatable bonds is 11. The molecule has 2 aromatic rings. The van der Waals surface area contributed by atoms with Crippen molar-refractivity contribution in [3.8, 4) is 5.75 Å². The Morgan fingerprint density at radius 3 is 2.16 bits per heavy atom. The van der Waals surface area contributed by atoms with E-state index >= 15 is 0 Å². The molecule has 9 nitrogen and oxygen atoms in total. The highest BCUT2D eigenvalue weighted by Crippen LogP contribution is 2.21. The predicted molar refractivity (Wildman–Crippen MR) is 120 cm³/mol. The number of hydrogen-bond donors (Lipinski definition) is 3. The van der Waals surface area contributed by atoms with Crippen LogP contribution in [0.1, 0.15) is 19.4 Å². The molecule has 0 bridgehead atoms. The number of phenols is 1. The lowest BCUT2D eigenvalue weighted by molar-refractivity contribution is -0.384. The molecule has 3 N–H and O–H groups in total. The highest BCUT2D eigenvalue weighted by molar-refractivity contribution is 9.08. The SMILES string of the molecule is CC(C)CN(C[C@@H](O)[C@H](Cc1ccc([N+](=O)[O-])cc1)NBr)S(=O)(=O)c1ccc(O)cc1. The molecule has 0 unspecified atom stereocenters. The average molecular weight is 516 g/mol. The van der Waals surface area contributed by atoms with E-state index in [0.29, 0.717) is 6.42 Å². The van der Waals surface area contributed by atoms with Crippen LogP contribution in [0.3, 0.4) is 0 Å². The van der Waals surface area contributed by atoms with Gasteiger partial charge < -0.3 is 10.2 Å². The molecule has 0 saturated carbocycles. The van der Waals surface area contributed by atoms with E-state index in [4.69, 9.17) is 0 Å². The van der Waals surface area contributed by atoms with Crippen LogP contribution in [-0.2, 0) is 16.4 Å². The average Bonchev–Trinajstić information content (AvgIpc) is 2.71. The fourth-order valence-corrected chi connectivity index (χ4v) is 5.12. The van der Waals surface area contributed by atoms with Gasteiger partial charge >= 0.3 is 0 Å². The van der Waals surface area contributed by atoms with Crippen LogP contribution in [0.4, 0.5) is 5.69 Å². The number of nitro groups is 1. The third-order valence-corrected chi connectivity index (χ3v) is 7.08. The zero-order valence-corrected chi connectivity index (χ0v) is 19.6. The van der Waals surface area contributed by atoms with E-state index in [9.17, 15) is 28.7 Å². The van der Waals surface area contributed by atoms with Gasteiger partial charge in [-0.3, -0.25) is 10.1 Å². The lowest BCUT2D eigenvalue weighted by atomic mass is 10.0. The van der Waals surface area contributed by atoms with Gasteiger partial charge in [0.15, 0.2) is 0 Å². The third-order valence-electron chi connectivity index (χ3n) is 4.64. The molecule has 2 atom stereocenters. The van der Waals surface area contributed by atoms with Crippen molar-refractivity contribution in [2.24, 2.45) is 5.92 Å². The molecule has 2 rings (SSSR count). The summed E-state index contributed by atoms with van der Waals surface area (Å²) in [5, 5.41) is 31.1. The summed E-state index contributed by atoms with van der Waals surface area (Å²) in [6.45, 7) is 3.80. The standard InChI is InChI=1S/C20H26BrN3O6S/c1-14(2)12-23(31(29,30)18-9-7-17(25)8-10-18)13-20(26)19(22-21)11-15-3-5-16(6-4-15)24(27)28/h3-10,14,19-20,22,25-26H,11-13H2,1-2H3/t19-,20+/m0/s1. The van der Waals surface area contributed by atoms with Gasteiger partial charge in [-0.25, -0.2) is 12.8 Å². The summed E-state index contributed by atoms with van der Waals surface area (Å²) in [4.78, 5) is 10.3. The third kappa shape index (κ3) is 6.97. The molecule has 0 aliphatic rings. The van der Waals surface area contributed by atoms with Crippen molar-refractivity contribution in [3.05, 3.63) is 64.2 Å². The summed E-state index contributed by atoms with van der Waals surface area (Å²) >= 11 is 3.14. The van der Waals surface area contributed by atoms with Gasteiger partial charge in [0.1, 0.15) is 5.75 Å². The van der Waals surface area contributed by atoms with Gasteiger partial charge in [0, 0.05) is 47.4 Å². The Balaban J connectivity index is 2.19. The van der Waals surface area contributed by atoms with Crippen LogP contribution in [0.5, 0.6) is 5.75 Å². The van der Waals surface area contributed by atoms with Crippen LogP contribution >= 0.6 is 16.1 Å². The minimum Gasteiger partial charge on any atom is -0.508 e. The molecule has 0 amide bonds. The summed E-state index contributed by atoms with van der Waals surface area (Å²) in [6.07, 6.45) is -0.751. The second-order valence-electron chi connectivity index (χ2n) is 7.62. The summed E-state index contributed by atoms with van der Waals surface area (Å²) in [7, 11) is -3.89. The Morgan fingerprint density at radius 2 is 1.68 bits per heavy atom. The molecule has 31 heavy (non-hydrogen) atoms.